The molecule has 6 rings (SSSR count). The first-order valence-corrected chi connectivity index (χ1v) is 12.3. The van der Waals surface area contributed by atoms with Crippen molar-refractivity contribution in [2.45, 2.75) is 37.8 Å². The van der Waals surface area contributed by atoms with Crippen LogP contribution in [0, 0.1) is 0 Å². The summed E-state index contributed by atoms with van der Waals surface area (Å²) in [6, 6.07) is 8.68. The zero-order valence-corrected chi connectivity index (χ0v) is 20.7. The Morgan fingerprint density at radius 3 is 2.58 bits per heavy atom. The van der Waals surface area contributed by atoms with Crippen molar-refractivity contribution in [2.24, 2.45) is 7.05 Å². The molecule has 0 atom stereocenters. The van der Waals surface area contributed by atoms with Crippen molar-refractivity contribution < 1.29 is 18.7 Å². The lowest BCUT2D eigenvalue weighted by molar-refractivity contribution is 0.102. The summed E-state index contributed by atoms with van der Waals surface area (Å²) in [7, 11) is 4.93. The Bertz CT molecular complexity index is 1430. The lowest BCUT2D eigenvalue weighted by Crippen LogP contribution is -2.43. The second kappa shape index (κ2) is 9.02. The van der Waals surface area contributed by atoms with Gasteiger partial charge in [0.25, 0.3) is 5.91 Å². The van der Waals surface area contributed by atoms with Crippen molar-refractivity contribution in [1.82, 2.24) is 20.1 Å². The number of nitrogens with one attached hydrogen (secondary N) is 2. The maximum atomic E-state index is 13.4. The second-order valence-electron chi connectivity index (χ2n) is 9.56. The molecule has 2 fully saturated rings. The molecule has 1 aliphatic heterocycles. The number of oxazole rings is 1. The number of anilines is 2. The van der Waals surface area contributed by atoms with Crippen molar-refractivity contribution >= 4 is 39.3 Å². The zero-order valence-electron chi connectivity index (χ0n) is 20.7. The van der Waals surface area contributed by atoms with Gasteiger partial charge in [0.1, 0.15) is 11.3 Å². The normalized spacial score (nSPS) is 16.6. The smallest absolute Gasteiger partial charge is 0.394 e. The van der Waals surface area contributed by atoms with Gasteiger partial charge >= 0.3 is 6.08 Å². The molecule has 2 aromatic carbocycles. The highest BCUT2D eigenvalue weighted by Crippen LogP contribution is 2.35. The molecule has 1 saturated heterocycles. The van der Waals surface area contributed by atoms with E-state index in [0.717, 1.165) is 42.5 Å². The van der Waals surface area contributed by atoms with E-state index in [2.05, 4.69) is 25.6 Å². The van der Waals surface area contributed by atoms with Crippen LogP contribution < -0.4 is 25.0 Å². The maximum Gasteiger partial charge on any atom is 0.394 e. The second-order valence-corrected chi connectivity index (χ2v) is 9.56. The number of ether oxygens (including phenoxy) is 2. The molecule has 0 spiro atoms. The molecule has 1 amide bonds. The number of amides is 1. The molecule has 3 heterocycles. The Morgan fingerprint density at radius 1 is 1.08 bits per heavy atom. The molecular weight excluding hydrogens is 460 g/mol. The number of rotatable bonds is 7. The van der Waals surface area contributed by atoms with Gasteiger partial charge < -0.3 is 29.4 Å². The van der Waals surface area contributed by atoms with Crippen LogP contribution in [0.3, 0.4) is 0 Å². The molecule has 0 radical (unpaired) electrons. The largest absolute Gasteiger partial charge is 0.494 e. The van der Waals surface area contributed by atoms with Crippen molar-refractivity contribution in [3.05, 3.63) is 36.0 Å². The van der Waals surface area contributed by atoms with Crippen LogP contribution in [0.1, 0.15) is 36.0 Å². The molecule has 2 aromatic heterocycles. The number of nitrogens with zero attached hydrogens (tertiary/aromatic N) is 4. The zero-order chi connectivity index (χ0) is 24.8. The number of methoxy groups -OCH3 is 2. The van der Waals surface area contributed by atoms with Gasteiger partial charge in [0.15, 0.2) is 5.58 Å². The Labute approximate surface area is 208 Å². The van der Waals surface area contributed by atoms with Gasteiger partial charge in [-0.1, -0.05) is 0 Å². The maximum absolute atomic E-state index is 13.4. The van der Waals surface area contributed by atoms with Crippen LogP contribution in [0.5, 0.6) is 11.8 Å². The molecule has 4 aromatic rings. The first kappa shape index (κ1) is 22.7. The average Bonchev–Trinajstić information content (AvgIpc) is 3.46. The first-order valence-electron chi connectivity index (χ1n) is 12.3. The summed E-state index contributed by atoms with van der Waals surface area (Å²) in [5, 5.41) is 12.0. The van der Waals surface area contributed by atoms with Gasteiger partial charge in [-0.05, 0) is 43.9 Å². The summed E-state index contributed by atoms with van der Waals surface area (Å²) in [5.74, 6) is 0.208. The summed E-state index contributed by atoms with van der Waals surface area (Å²) < 4.78 is 18.4. The topological polar surface area (TPSA) is 107 Å². The van der Waals surface area contributed by atoms with Gasteiger partial charge in [0.05, 0.1) is 36.7 Å². The molecule has 188 valence electrons. The van der Waals surface area contributed by atoms with Crippen molar-refractivity contribution in [1.29, 1.82) is 0 Å². The average molecular weight is 491 g/mol. The van der Waals surface area contributed by atoms with Crippen molar-refractivity contribution in [2.75, 3.05) is 37.5 Å². The monoisotopic (exact) mass is 490 g/mol. The minimum absolute atomic E-state index is 0.131. The first-order chi connectivity index (χ1) is 17.5. The van der Waals surface area contributed by atoms with Gasteiger partial charge in [-0.25, -0.2) is 0 Å². The van der Waals surface area contributed by atoms with E-state index in [0.29, 0.717) is 40.2 Å². The molecule has 1 saturated carbocycles. The minimum atomic E-state index is -0.320. The summed E-state index contributed by atoms with van der Waals surface area (Å²) in [5.41, 5.74) is 3.70. The van der Waals surface area contributed by atoms with Crippen LogP contribution in [0.4, 0.5) is 11.4 Å². The van der Waals surface area contributed by atoms with Gasteiger partial charge in [-0.2, -0.15) is 10.1 Å². The van der Waals surface area contributed by atoms with E-state index in [9.17, 15) is 4.79 Å². The SMILES string of the molecule is COc1nc2c(N3CCC(NC4CC4)CC3)ccc(C(=O)Nc3cc4cn(C)nc4cc3OC)c2o1. The van der Waals surface area contributed by atoms with Gasteiger partial charge in [-0.15, -0.1) is 0 Å². The number of fused-ring (bicyclic) bond motifs is 2. The number of aromatic nitrogens is 3. The summed E-state index contributed by atoms with van der Waals surface area (Å²) in [4.78, 5) is 20.3. The Kier molecular flexibility index (Phi) is 5.67. The van der Waals surface area contributed by atoms with E-state index < -0.39 is 0 Å². The van der Waals surface area contributed by atoms with E-state index >= 15 is 0 Å². The fourth-order valence-corrected chi connectivity index (χ4v) is 5.00. The van der Waals surface area contributed by atoms with E-state index in [1.807, 2.05) is 31.4 Å². The molecule has 2 N–H and O–H groups in total. The van der Waals surface area contributed by atoms with Crippen LogP contribution in [0.15, 0.2) is 34.9 Å². The van der Waals surface area contributed by atoms with E-state index in [-0.39, 0.29) is 12.0 Å². The predicted molar refractivity (Wildman–Crippen MR) is 137 cm³/mol. The number of benzene rings is 2. The molecule has 10 nitrogen and oxygen atoms in total. The minimum Gasteiger partial charge on any atom is -0.494 e. The number of piperidine rings is 1. The summed E-state index contributed by atoms with van der Waals surface area (Å²) in [6.07, 6.45) is 6.77. The third-order valence-electron chi connectivity index (χ3n) is 6.99. The van der Waals surface area contributed by atoms with Gasteiger partial charge in [0.2, 0.25) is 0 Å². The fourth-order valence-electron chi connectivity index (χ4n) is 5.00. The van der Waals surface area contributed by atoms with E-state index in [1.165, 1.54) is 20.0 Å². The summed E-state index contributed by atoms with van der Waals surface area (Å²) in [6.45, 7) is 1.84. The number of hydrogen-bond donors (Lipinski definition) is 2. The predicted octanol–water partition coefficient (Wildman–Crippen LogP) is 3.70. The molecular formula is C26H30N6O4. The number of carbonyl (C=O) groups excluding carboxylic acids is 1. The van der Waals surface area contributed by atoms with Crippen molar-refractivity contribution in [3.63, 3.8) is 0 Å². The molecule has 36 heavy (non-hydrogen) atoms. The third-order valence-corrected chi connectivity index (χ3v) is 6.99. The standard InChI is InChI=1S/C26H30N6O4/c1-31-14-15-12-20(22(34-2)13-19(15)30-31)28-25(33)18-6-7-21(23-24(18)36-26(29-23)35-3)32-10-8-17(9-11-32)27-16-4-5-16/h6-7,12-14,16-17,27H,4-5,8-11H2,1-3H3,(H,28,33). The van der Waals surface area contributed by atoms with Crippen LogP contribution >= 0.6 is 0 Å². The highest BCUT2D eigenvalue weighted by molar-refractivity contribution is 6.13. The van der Waals surface area contributed by atoms with Crippen LogP contribution in [-0.4, -0.2) is 60.1 Å². The molecule has 0 bridgehead atoms. The molecule has 10 heteroatoms. The highest BCUT2D eigenvalue weighted by atomic mass is 16.6. The van der Waals surface area contributed by atoms with Crippen LogP contribution in [0.2, 0.25) is 0 Å². The Hall–Kier alpha value is -3.79. The molecule has 0 unspecified atom stereocenters. The number of hydrogen-bond acceptors (Lipinski definition) is 8. The van der Waals surface area contributed by atoms with Gasteiger partial charge in [-0.3, -0.25) is 9.48 Å². The Morgan fingerprint density at radius 2 is 1.86 bits per heavy atom. The Balaban J connectivity index is 1.29. The van der Waals surface area contributed by atoms with Crippen LogP contribution in [0.25, 0.3) is 22.0 Å². The van der Waals surface area contributed by atoms with E-state index in [4.69, 9.17) is 13.9 Å². The van der Waals surface area contributed by atoms with Crippen molar-refractivity contribution in [3.8, 4) is 11.8 Å². The third kappa shape index (κ3) is 4.21. The highest BCUT2D eigenvalue weighted by Gasteiger charge is 2.29. The lowest BCUT2D eigenvalue weighted by Gasteiger charge is -2.34. The number of carbonyl (C=O) groups is 1. The molecule has 2 aliphatic rings. The molecule has 1 aliphatic carbocycles. The van der Waals surface area contributed by atoms with Crippen LogP contribution in [-0.2, 0) is 7.05 Å². The fraction of sp³-hybridized carbons (Fsp3) is 0.423. The summed E-state index contributed by atoms with van der Waals surface area (Å²) >= 11 is 0. The quantitative estimate of drug-likeness (QED) is 0.404. The van der Waals surface area contributed by atoms with E-state index in [1.54, 1.807) is 17.9 Å². The number of aryl methyl sites for hydroxylation is 1. The lowest BCUT2D eigenvalue weighted by atomic mass is 10.0. The van der Waals surface area contributed by atoms with Gasteiger partial charge in [0, 0.05) is 49.9 Å².